The van der Waals surface area contributed by atoms with Crippen LogP contribution < -0.4 is 5.73 Å². The van der Waals surface area contributed by atoms with Gasteiger partial charge in [-0.1, -0.05) is 17.7 Å². The van der Waals surface area contributed by atoms with Gasteiger partial charge in [0.25, 0.3) is 0 Å². The van der Waals surface area contributed by atoms with Gasteiger partial charge in [-0.25, -0.2) is 10.0 Å². The normalized spacial score (nSPS) is 18.0. The van der Waals surface area contributed by atoms with Gasteiger partial charge in [0.2, 0.25) is 5.91 Å². The Morgan fingerprint density at radius 2 is 1.62 bits per heavy atom. The number of carbonyl (C=O) groups excluding carboxylic acids is 1. The van der Waals surface area contributed by atoms with Gasteiger partial charge >= 0.3 is 0 Å². The zero-order chi connectivity index (χ0) is 18.1. The lowest BCUT2D eigenvalue weighted by atomic mass is 9.94. The molecule has 134 valence electrons. The van der Waals surface area contributed by atoms with Crippen molar-refractivity contribution in [1.29, 1.82) is 0 Å². The van der Waals surface area contributed by atoms with E-state index in [2.05, 4.69) is 42.9 Å². The minimum Gasteiger partial charge on any atom is -0.327 e. The quantitative estimate of drug-likeness (QED) is 0.855. The van der Waals surface area contributed by atoms with Crippen LogP contribution in [0.5, 0.6) is 0 Å². The van der Waals surface area contributed by atoms with Gasteiger partial charge in [0, 0.05) is 34.2 Å². The first kappa shape index (κ1) is 18.9. The van der Waals surface area contributed by atoms with E-state index in [1.54, 1.807) is 4.90 Å². The average molecular weight is 332 g/mol. The molecule has 2 rings (SSSR count). The largest absolute Gasteiger partial charge is 0.327 e. The first-order valence-corrected chi connectivity index (χ1v) is 8.68. The van der Waals surface area contributed by atoms with Crippen molar-refractivity contribution in [2.45, 2.75) is 45.7 Å². The minimum atomic E-state index is -0.546. The van der Waals surface area contributed by atoms with E-state index in [4.69, 9.17) is 5.73 Å². The Balaban J connectivity index is 2.08. The van der Waals surface area contributed by atoms with Crippen LogP contribution in [0.2, 0.25) is 0 Å². The van der Waals surface area contributed by atoms with E-state index < -0.39 is 5.66 Å². The van der Waals surface area contributed by atoms with Crippen LogP contribution in [0.3, 0.4) is 0 Å². The number of amides is 1. The molecule has 0 spiro atoms. The van der Waals surface area contributed by atoms with Crippen LogP contribution >= 0.6 is 0 Å². The minimum absolute atomic E-state index is 0.103. The van der Waals surface area contributed by atoms with Crippen LogP contribution in [-0.2, 0) is 11.2 Å². The number of hydrazine groups is 1. The summed E-state index contributed by atoms with van der Waals surface area (Å²) >= 11 is 0. The van der Waals surface area contributed by atoms with Crippen LogP contribution in [-0.4, -0.2) is 60.7 Å². The molecule has 0 unspecified atom stereocenters. The molecule has 0 atom stereocenters. The van der Waals surface area contributed by atoms with Gasteiger partial charge in [-0.05, 0) is 50.3 Å². The molecule has 1 aliphatic heterocycles. The van der Waals surface area contributed by atoms with E-state index in [0.29, 0.717) is 6.42 Å². The topological polar surface area (TPSA) is 52.8 Å². The van der Waals surface area contributed by atoms with Crippen LogP contribution in [0, 0.1) is 20.8 Å². The Morgan fingerprint density at radius 3 is 2.08 bits per heavy atom. The lowest BCUT2D eigenvalue weighted by molar-refractivity contribution is -0.138. The van der Waals surface area contributed by atoms with Crippen molar-refractivity contribution in [2.75, 3.05) is 34.2 Å². The molecule has 2 N–H and O–H groups in total. The highest BCUT2D eigenvalue weighted by Gasteiger charge is 2.37. The van der Waals surface area contributed by atoms with E-state index >= 15 is 0 Å². The molecule has 1 aromatic rings. The van der Waals surface area contributed by atoms with Crippen molar-refractivity contribution in [3.05, 3.63) is 34.4 Å². The van der Waals surface area contributed by atoms with Crippen molar-refractivity contribution in [1.82, 2.24) is 14.9 Å². The molecular formula is C19H32N4O. The molecule has 5 heteroatoms. The third-order valence-corrected chi connectivity index (χ3v) is 5.38. The van der Waals surface area contributed by atoms with E-state index in [1.165, 1.54) is 16.7 Å². The average Bonchev–Trinajstić information content (AvgIpc) is 2.50. The van der Waals surface area contributed by atoms with Gasteiger partial charge in [-0.3, -0.25) is 4.79 Å². The Labute approximate surface area is 146 Å². The number of benzene rings is 1. The van der Waals surface area contributed by atoms with E-state index in [1.807, 2.05) is 21.1 Å². The third-order valence-electron chi connectivity index (χ3n) is 5.38. The van der Waals surface area contributed by atoms with Gasteiger partial charge in [0.05, 0.1) is 12.1 Å². The maximum absolute atomic E-state index is 12.8. The molecule has 0 aromatic heterocycles. The molecule has 24 heavy (non-hydrogen) atoms. The number of likely N-dealkylation sites (N-methyl/N-ethyl adjacent to an activating group) is 1. The zero-order valence-corrected chi connectivity index (χ0v) is 16.0. The summed E-state index contributed by atoms with van der Waals surface area (Å²) in [6, 6.07) is 4.28. The van der Waals surface area contributed by atoms with Crippen molar-refractivity contribution < 1.29 is 4.79 Å². The molecule has 0 radical (unpaired) electrons. The highest BCUT2D eigenvalue weighted by atomic mass is 16.2. The SMILES string of the molecule is Cc1cc(C)c(CC(=O)N(C)C2(N)CCN(N(C)C)CC2)c(C)c1. The van der Waals surface area contributed by atoms with Gasteiger partial charge in [-0.2, -0.15) is 0 Å². The number of rotatable bonds is 4. The third kappa shape index (κ3) is 3.97. The van der Waals surface area contributed by atoms with Gasteiger partial charge in [-0.15, -0.1) is 0 Å². The first-order chi connectivity index (χ1) is 11.1. The fourth-order valence-electron chi connectivity index (χ4n) is 3.62. The summed E-state index contributed by atoms with van der Waals surface area (Å²) in [4.78, 5) is 14.6. The van der Waals surface area contributed by atoms with Crippen molar-refractivity contribution in [3.63, 3.8) is 0 Å². The maximum Gasteiger partial charge on any atom is 0.228 e. The van der Waals surface area contributed by atoms with Crippen molar-refractivity contribution >= 4 is 5.91 Å². The second kappa shape index (κ2) is 7.21. The maximum atomic E-state index is 12.8. The van der Waals surface area contributed by atoms with E-state index in [0.717, 1.165) is 31.5 Å². The summed E-state index contributed by atoms with van der Waals surface area (Å²) in [5.41, 5.74) is 10.8. The lowest BCUT2D eigenvalue weighted by Gasteiger charge is -2.46. The van der Waals surface area contributed by atoms with Gasteiger partial charge in [0.1, 0.15) is 0 Å². The Hall–Kier alpha value is -1.43. The highest BCUT2D eigenvalue weighted by molar-refractivity contribution is 5.80. The predicted octanol–water partition coefficient (Wildman–Crippen LogP) is 1.84. The predicted molar refractivity (Wildman–Crippen MR) is 98.5 cm³/mol. The van der Waals surface area contributed by atoms with Crippen LogP contribution in [0.15, 0.2) is 12.1 Å². The second-order valence-corrected chi connectivity index (χ2v) is 7.41. The smallest absolute Gasteiger partial charge is 0.228 e. The standard InChI is InChI=1S/C19H32N4O/c1-14-11-15(2)17(16(3)12-14)13-18(24)22(6)19(20)7-9-23(10-8-19)21(4)5/h11-12H,7-10,13,20H2,1-6H3. The number of piperidine rings is 1. The summed E-state index contributed by atoms with van der Waals surface area (Å²) in [5.74, 6) is 0.103. The second-order valence-electron chi connectivity index (χ2n) is 7.41. The molecule has 1 saturated heterocycles. The fraction of sp³-hybridized carbons (Fsp3) is 0.632. The zero-order valence-electron chi connectivity index (χ0n) is 16.0. The summed E-state index contributed by atoms with van der Waals surface area (Å²) in [6.07, 6.45) is 2.00. The fourth-order valence-corrected chi connectivity index (χ4v) is 3.62. The molecule has 1 heterocycles. The van der Waals surface area contributed by atoms with Crippen LogP contribution in [0.25, 0.3) is 0 Å². The van der Waals surface area contributed by atoms with E-state index in [9.17, 15) is 4.79 Å². The van der Waals surface area contributed by atoms with Crippen molar-refractivity contribution in [3.8, 4) is 0 Å². The summed E-state index contributed by atoms with van der Waals surface area (Å²) in [5, 5.41) is 4.36. The molecule has 1 fully saturated rings. The van der Waals surface area contributed by atoms with E-state index in [-0.39, 0.29) is 5.91 Å². The number of nitrogens with zero attached hydrogens (tertiary/aromatic N) is 3. The van der Waals surface area contributed by atoms with Crippen LogP contribution in [0.1, 0.15) is 35.1 Å². The summed E-state index contributed by atoms with van der Waals surface area (Å²) in [7, 11) is 5.94. The number of nitrogens with two attached hydrogens (primary N) is 1. The number of aryl methyl sites for hydroxylation is 3. The summed E-state index contributed by atoms with van der Waals surface area (Å²) < 4.78 is 0. The van der Waals surface area contributed by atoms with Gasteiger partial charge in [0.15, 0.2) is 0 Å². The molecule has 1 amide bonds. The summed E-state index contributed by atoms with van der Waals surface area (Å²) in [6.45, 7) is 8.01. The first-order valence-electron chi connectivity index (χ1n) is 8.68. The molecule has 0 bridgehead atoms. The Kier molecular flexibility index (Phi) is 5.68. The molecule has 5 nitrogen and oxygen atoms in total. The lowest BCUT2D eigenvalue weighted by Crippen LogP contribution is -2.63. The molecule has 0 aliphatic carbocycles. The number of hydrogen-bond donors (Lipinski definition) is 1. The molecule has 1 aliphatic rings. The van der Waals surface area contributed by atoms with Crippen molar-refractivity contribution in [2.24, 2.45) is 5.73 Å². The Morgan fingerprint density at radius 1 is 1.12 bits per heavy atom. The number of carbonyl (C=O) groups is 1. The Bertz CT molecular complexity index is 580. The van der Waals surface area contributed by atoms with Crippen LogP contribution in [0.4, 0.5) is 0 Å². The highest BCUT2D eigenvalue weighted by Crippen LogP contribution is 2.25. The van der Waals surface area contributed by atoms with Gasteiger partial charge < -0.3 is 10.6 Å². The molecular weight excluding hydrogens is 300 g/mol. The number of hydrogen-bond acceptors (Lipinski definition) is 4. The monoisotopic (exact) mass is 332 g/mol. The molecule has 1 aromatic carbocycles. The molecule has 0 saturated carbocycles.